The molecule has 142 valence electrons. The molecule has 3 aromatic rings. The monoisotopic (exact) mass is 404 g/mol. The molecule has 1 aromatic carbocycles. The van der Waals surface area contributed by atoms with Gasteiger partial charge in [0.1, 0.15) is 0 Å². The molecule has 0 spiro atoms. The number of sulfonamides is 1. The average molecular weight is 405 g/mol. The van der Waals surface area contributed by atoms with Crippen LogP contribution in [0.25, 0.3) is 22.2 Å². The van der Waals surface area contributed by atoms with Crippen LogP contribution in [-0.2, 0) is 23.6 Å². The molecule has 0 fully saturated rings. The van der Waals surface area contributed by atoms with Gasteiger partial charge in [-0.15, -0.1) is 0 Å². The van der Waals surface area contributed by atoms with E-state index in [-0.39, 0.29) is 0 Å². The maximum absolute atomic E-state index is 12.2. The number of hydrogen-bond acceptors (Lipinski definition) is 4. The number of fused-ring (bicyclic) bond motifs is 1. The van der Waals surface area contributed by atoms with E-state index in [1.165, 1.54) is 6.20 Å². The predicted molar refractivity (Wildman–Crippen MR) is 112 cm³/mol. The molecule has 0 radical (unpaired) electrons. The van der Waals surface area contributed by atoms with Crippen LogP contribution in [0.4, 0.5) is 5.69 Å². The highest BCUT2D eigenvalue weighted by molar-refractivity contribution is 7.93. The lowest BCUT2D eigenvalue weighted by Gasteiger charge is -2.12. The standard InChI is InChI=1S/C19H21ClN4O2S/c1-12(2)27(25,26)23-15-7-13(9-22-10-15)19-17(11-21-3)16-6-5-14(20)8-18(16)24(19)4/h5-10,12,23H,3,11H2,1-2,4H3. The molecule has 8 heteroatoms. The smallest absolute Gasteiger partial charge is 0.235 e. The van der Waals surface area contributed by atoms with Gasteiger partial charge >= 0.3 is 0 Å². The zero-order valence-electron chi connectivity index (χ0n) is 15.4. The molecule has 2 aromatic heterocycles. The number of benzene rings is 1. The van der Waals surface area contributed by atoms with Gasteiger partial charge in [-0.2, -0.15) is 0 Å². The second-order valence-electron chi connectivity index (χ2n) is 6.59. The quantitative estimate of drug-likeness (QED) is 0.624. The molecule has 6 nitrogen and oxygen atoms in total. The Kier molecular flexibility index (Phi) is 5.26. The van der Waals surface area contributed by atoms with Crippen LogP contribution < -0.4 is 4.72 Å². The Balaban J connectivity index is 2.18. The van der Waals surface area contributed by atoms with Crippen LogP contribution in [0.1, 0.15) is 19.4 Å². The molecule has 0 bridgehead atoms. The molecule has 0 saturated carbocycles. The summed E-state index contributed by atoms with van der Waals surface area (Å²) < 4.78 is 29.0. The van der Waals surface area contributed by atoms with Gasteiger partial charge in [0.2, 0.25) is 10.0 Å². The van der Waals surface area contributed by atoms with Crippen molar-refractivity contribution in [3.63, 3.8) is 0 Å². The fourth-order valence-electron chi connectivity index (χ4n) is 3.04. The van der Waals surface area contributed by atoms with Crippen molar-refractivity contribution in [3.05, 3.63) is 47.2 Å². The number of anilines is 1. The van der Waals surface area contributed by atoms with Crippen LogP contribution >= 0.6 is 11.6 Å². The molecule has 0 atom stereocenters. The molecule has 27 heavy (non-hydrogen) atoms. The van der Waals surface area contributed by atoms with Crippen molar-refractivity contribution < 1.29 is 8.42 Å². The van der Waals surface area contributed by atoms with Gasteiger partial charge in [-0.25, -0.2) is 8.42 Å². The van der Waals surface area contributed by atoms with Gasteiger partial charge in [0.25, 0.3) is 0 Å². The van der Waals surface area contributed by atoms with Crippen LogP contribution in [0, 0.1) is 0 Å². The molecule has 1 N–H and O–H groups in total. The lowest BCUT2D eigenvalue weighted by atomic mass is 10.1. The first-order valence-corrected chi connectivity index (χ1v) is 10.3. The number of aryl methyl sites for hydroxylation is 1. The lowest BCUT2D eigenvalue weighted by Crippen LogP contribution is -2.22. The van der Waals surface area contributed by atoms with Crippen molar-refractivity contribution in [2.24, 2.45) is 12.0 Å². The summed E-state index contributed by atoms with van der Waals surface area (Å²) in [4.78, 5) is 8.28. The maximum Gasteiger partial charge on any atom is 0.235 e. The summed E-state index contributed by atoms with van der Waals surface area (Å²) in [7, 11) is -1.52. The van der Waals surface area contributed by atoms with Crippen LogP contribution in [0.3, 0.4) is 0 Å². The first-order valence-electron chi connectivity index (χ1n) is 8.41. The van der Waals surface area contributed by atoms with E-state index in [1.54, 1.807) is 26.1 Å². The van der Waals surface area contributed by atoms with E-state index < -0.39 is 15.3 Å². The number of pyridine rings is 1. The summed E-state index contributed by atoms with van der Waals surface area (Å²) in [5.41, 5.74) is 4.06. The zero-order chi connectivity index (χ0) is 19.8. The summed E-state index contributed by atoms with van der Waals surface area (Å²) in [5.74, 6) is 0. The van der Waals surface area contributed by atoms with Crippen LogP contribution in [0.5, 0.6) is 0 Å². The highest BCUT2D eigenvalue weighted by atomic mass is 35.5. The second kappa shape index (κ2) is 7.32. The van der Waals surface area contributed by atoms with Crippen molar-refractivity contribution in [2.75, 3.05) is 4.72 Å². The maximum atomic E-state index is 12.2. The fraction of sp³-hybridized carbons (Fsp3) is 0.263. The molecule has 3 rings (SSSR count). The Bertz CT molecular complexity index is 1120. The molecule has 0 unspecified atom stereocenters. The average Bonchev–Trinajstić information content (AvgIpc) is 2.87. The SMILES string of the molecule is C=NCc1c(-c2cncc(NS(=O)(=O)C(C)C)c2)n(C)c2cc(Cl)ccc12. The molecule has 0 aliphatic heterocycles. The molecule has 0 aliphatic carbocycles. The third-order valence-corrected chi connectivity index (χ3v) is 6.43. The first kappa shape index (κ1) is 19.4. The number of rotatable bonds is 6. The van der Waals surface area contributed by atoms with Crippen molar-refractivity contribution in [1.82, 2.24) is 9.55 Å². The zero-order valence-corrected chi connectivity index (χ0v) is 17.0. The first-order chi connectivity index (χ1) is 12.7. The van der Waals surface area contributed by atoms with E-state index in [9.17, 15) is 8.42 Å². The van der Waals surface area contributed by atoms with Crippen LogP contribution in [0.2, 0.25) is 5.02 Å². The van der Waals surface area contributed by atoms with Crippen LogP contribution in [0.15, 0.2) is 41.7 Å². The van der Waals surface area contributed by atoms with Gasteiger partial charge in [0, 0.05) is 34.8 Å². The summed E-state index contributed by atoms with van der Waals surface area (Å²) >= 11 is 6.16. The molecular weight excluding hydrogens is 384 g/mol. The molecule has 0 amide bonds. The van der Waals surface area contributed by atoms with Crippen molar-refractivity contribution in [2.45, 2.75) is 25.6 Å². The fourth-order valence-corrected chi connectivity index (χ4v) is 3.88. The third-order valence-electron chi connectivity index (χ3n) is 4.43. The largest absolute Gasteiger partial charge is 0.343 e. The lowest BCUT2D eigenvalue weighted by molar-refractivity contribution is 0.593. The number of aliphatic imine (C=N–C) groups is 1. The van der Waals surface area contributed by atoms with E-state index in [2.05, 4.69) is 21.4 Å². The highest BCUT2D eigenvalue weighted by Gasteiger charge is 2.19. The van der Waals surface area contributed by atoms with E-state index >= 15 is 0 Å². The summed E-state index contributed by atoms with van der Waals surface area (Å²) in [5, 5.41) is 1.13. The predicted octanol–water partition coefficient (Wildman–Crippen LogP) is 4.24. The van der Waals surface area contributed by atoms with Gasteiger partial charge in [-0.1, -0.05) is 17.7 Å². The van der Waals surface area contributed by atoms with Gasteiger partial charge in [0.15, 0.2) is 0 Å². The number of halogens is 1. The summed E-state index contributed by atoms with van der Waals surface area (Å²) in [6.45, 7) is 7.30. The van der Waals surface area contributed by atoms with E-state index in [4.69, 9.17) is 11.6 Å². The molecule has 0 saturated heterocycles. The van der Waals surface area contributed by atoms with Crippen molar-refractivity contribution in [1.29, 1.82) is 0 Å². The number of nitrogens with zero attached hydrogens (tertiary/aromatic N) is 3. The minimum Gasteiger partial charge on any atom is -0.343 e. The molecular formula is C19H21ClN4O2S. The Morgan fingerprint density at radius 1 is 1.30 bits per heavy atom. The number of hydrogen-bond donors (Lipinski definition) is 1. The number of nitrogens with one attached hydrogen (secondary N) is 1. The van der Waals surface area contributed by atoms with E-state index in [1.807, 2.05) is 29.8 Å². The topological polar surface area (TPSA) is 76.3 Å². The van der Waals surface area contributed by atoms with Gasteiger partial charge in [-0.3, -0.25) is 14.7 Å². The van der Waals surface area contributed by atoms with Crippen molar-refractivity contribution in [3.8, 4) is 11.3 Å². The Hall–Kier alpha value is -2.38. The summed E-state index contributed by atoms with van der Waals surface area (Å²) in [6, 6.07) is 7.47. The van der Waals surface area contributed by atoms with E-state index in [0.717, 1.165) is 27.7 Å². The summed E-state index contributed by atoms with van der Waals surface area (Å²) in [6.07, 6.45) is 3.20. The Morgan fingerprint density at radius 2 is 2.04 bits per heavy atom. The van der Waals surface area contributed by atoms with Gasteiger partial charge in [0.05, 0.1) is 34.9 Å². The highest BCUT2D eigenvalue weighted by Crippen LogP contribution is 2.35. The van der Waals surface area contributed by atoms with E-state index in [0.29, 0.717) is 17.3 Å². The number of aromatic nitrogens is 2. The van der Waals surface area contributed by atoms with Crippen LogP contribution in [-0.4, -0.2) is 29.9 Å². The Labute approximate surface area is 164 Å². The molecule has 0 aliphatic rings. The van der Waals surface area contributed by atoms with Gasteiger partial charge in [-0.05, 0) is 38.8 Å². The third kappa shape index (κ3) is 3.70. The van der Waals surface area contributed by atoms with Crippen molar-refractivity contribution >= 4 is 44.9 Å². The normalized spacial score (nSPS) is 11.9. The van der Waals surface area contributed by atoms with Gasteiger partial charge < -0.3 is 4.57 Å². The molecule has 2 heterocycles. The minimum atomic E-state index is -3.45. The second-order valence-corrected chi connectivity index (χ2v) is 9.26. The Morgan fingerprint density at radius 3 is 2.70 bits per heavy atom. The minimum absolute atomic E-state index is 0.419.